The predicted octanol–water partition coefficient (Wildman–Crippen LogP) is 2.84. The molecule has 0 aliphatic carbocycles. The van der Waals surface area contributed by atoms with Gasteiger partial charge in [-0.05, 0) is 36.6 Å². The molecular weight excluding hydrogens is 330 g/mol. The molecule has 0 bridgehead atoms. The van der Waals surface area contributed by atoms with E-state index in [1.54, 1.807) is 0 Å². The molecule has 25 heavy (non-hydrogen) atoms. The van der Waals surface area contributed by atoms with Crippen LogP contribution in [0.4, 0.5) is 8.78 Å². The topological polar surface area (TPSA) is 85.4 Å². The van der Waals surface area contributed by atoms with E-state index < -0.39 is 23.6 Å². The zero-order chi connectivity index (χ0) is 18.6. The number of hydrogen-bond donors (Lipinski definition) is 2. The van der Waals surface area contributed by atoms with Crippen molar-refractivity contribution >= 4 is 5.91 Å². The molecule has 1 unspecified atom stereocenters. The van der Waals surface area contributed by atoms with Crippen LogP contribution >= 0.6 is 0 Å². The van der Waals surface area contributed by atoms with Gasteiger partial charge in [-0.15, -0.1) is 0 Å². The quantitative estimate of drug-likeness (QED) is 0.891. The van der Waals surface area contributed by atoms with Gasteiger partial charge in [-0.25, -0.2) is 13.8 Å². The number of nitrogens with two attached hydrogens (primary N) is 1. The van der Waals surface area contributed by atoms with Gasteiger partial charge in [0.1, 0.15) is 23.4 Å². The fourth-order valence-electron chi connectivity index (χ4n) is 2.61. The smallest absolute Gasteiger partial charge is 0.267 e. The van der Waals surface area contributed by atoms with Crippen LogP contribution in [0.15, 0.2) is 24.3 Å². The van der Waals surface area contributed by atoms with Gasteiger partial charge < -0.3 is 15.6 Å². The number of pyridine rings is 1. The van der Waals surface area contributed by atoms with Gasteiger partial charge in [0, 0.05) is 17.2 Å². The first-order valence-electron chi connectivity index (χ1n) is 8.06. The maximum Gasteiger partial charge on any atom is 0.267 e. The van der Waals surface area contributed by atoms with Gasteiger partial charge in [0.2, 0.25) is 5.88 Å². The summed E-state index contributed by atoms with van der Waals surface area (Å²) in [5.74, 6) is -2.09. The zero-order valence-electron chi connectivity index (χ0n) is 14.1. The van der Waals surface area contributed by atoms with Crippen molar-refractivity contribution in [2.75, 3.05) is 6.61 Å². The highest BCUT2D eigenvalue weighted by atomic mass is 19.1. The molecule has 0 radical (unpaired) electrons. The second-order valence-electron chi connectivity index (χ2n) is 5.29. The van der Waals surface area contributed by atoms with E-state index in [4.69, 9.17) is 10.5 Å². The lowest BCUT2D eigenvalue weighted by Crippen LogP contribution is -2.28. The maximum atomic E-state index is 14.1. The lowest BCUT2D eigenvalue weighted by molar-refractivity contribution is 0.0913. The molecule has 3 N–H and O–H groups in total. The number of aliphatic hydroxyl groups is 1. The lowest BCUT2D eigenvalue weighted by atomic mass is 9.94. The van der Waals surface area contributed by atoms with Gasteiger partial charge in [-0.2, -0.15) is 0 Å². The van der Waals surface area contributed by atoms with E-state index in [1.165, 1.54) is 12.1 Å². The van der Waals surface area contributed by atoms with Crippen molar-refractivity contribution in [2.24, 2.45) is 5.73 Å². The molecule has 1 amide bonds. The standard InChI is InChI=1S/C16H14F2N2O3.C2H6/c17-8-1-3-10(13(18)5-8)12-6-14(15(19)22)20-16-11(12)4-2-9(7-21)23-16;1-2/h1,3,5-6,9,21H,2,4,7H2,(H2,19,22);1-2H3. The average Bonchev–Trinajstić information content (AvgIpc) is 2.62. The first-order valence-corrected chi connectivity index (χ1v) is 8.06. The first kappa shape index (κ1) is 18.8. The molecule has 0 fully saturated rings. The van der Waals surface area contributed by atoms with E-state index in [0.717, 1.165) is 12.1 Å². The van der Waals surface area contributed by atoms with Crippen molar-refractivity contribution in [1.29, 1.82) is 0 Å². The number of primary amides is 1. The Kier molecular flexibility index (Phi) is 6.03. The molecule has 134 valence electrons. The largest absolute Gasteiger partial charge is 0.472 e. The van der Waals surface area contributed by atoms with Crippen LogP contribution in [0.2, 0.25) is 0 Å². The van der Waals surface area contributed by atoms with Crippen molar-refractivity contribution in [1.82, 2.24) is 4.98 Å². The van der Waals surface area contributed by atoms with E-state index in [0.29, 0.717) is 24.0 Å². The molecule has 7 heteroatoms. The van der Waals surface area contributed by atoms with Crippen molar-refractivity contribution in [3.63, 3.8) is 0 Å². The number of nitrogens with zero attached hydrogens (tertiary/aromatic N) is 1. The van der Waals surface area contributed by atoms with Gasteiger partial charge >= 0.3 is 0 Å². The maximum absolute atomic E-state index is 14.1. The molecule has 5 nitrogen and oxygen atoms in total. The Hall–Kier alpha value is -2.54. The lowest BCUT2D eigenvalue weighted by Gasteiger charge is -2.26. The molecule has 2 heterocycles. The van der Waals surface area contributed by atoms with Crippen LogP contribution in [0.25, 0.3) is 11.1 Å². The Bertz CT molecular complexity index is 781. The highest BCUT2D eigenvalue weighted by molar-refractivity contribution is 5.93. The molecule has 1 aromatic heterocycles. The minimum Gasteiger partial charge on any atom is -0.472 e. The summed E-state index contributed by atoms with van der Waals surface area (Å²) < 4.78 is 32.8. The highest BCUT2D eigenvalue weighted by Crippen LogP contribution is 2.36. The van der Waals surface area contributed by atoms with E-state index in [2.05, 4.69) is 4.98 Å². The highest BCUT2D eigenvalue weighted by Gasteiger charge is 2.26. The number of halogens is 2. The summed E-state index contributed by atoms with van der Waals surface area (Å²) in [5, 5.41) is 9.21. The van der Waals surface area contributed by atoms with Gasteiger partial charge in [-0.3, -0.25) is 4.79 Å². The molecule has 1 aliphatic heterocycles. The molecule has 1 aliphatic rings. The fraction of sp³-hybridized carbons (Fsp3) is 0.333. The van der Waals surface area contributed by atoms with Gasteiger partial charge in [0.05, 0.1) is 6.61 Å². The summed E-state index contributed by atoms with van der Waals surface area (Å²) in [7, 11) is 0. The van der Waals surface area contributed by atoms with Crippen LogP contribution < -0.4 is 10.5 Å². The van der Waals surface area contributed by atoms with E-state index >= 15 is 0 Å². The number of benzene rings is 1. The third-order valence-electron chi connectivity index (χ3n) is 3.76. The Morgan fingerprint density at radius 3 is 2.64 bits per heavy atom. The zero-order valence-corrected chi connectivity index (χ0v) is 14.1. The summed E-state index contributed by atoms with van der Waals surface area (Å²) >= 11 is 0. The number of rotatable bonds is 3. The average molecular weight is 350 g/mol. The van der Waals surface area contributed by atoms with E-state index in [-0.39, 0.29) is 23.7 Å². The molecule has 1 aromatic carbocycles. The minimum atomic E-state index is -0.786. The van der Waals surface area contributed by atoms with Crippen LogP contribution in [-0.4, -0.2) is 28.7 Å². The monoisotopic (exact) mass is 350 g/mol. The van der Waals surface area contributed by atoms with Gasteiger partial charge in [0.25, 0.3) is 5.91 Å². The van der Waals surface area contributed by atoms with Crippen LogP contribution in [0.1, 0.15) is 36.3 Å². The number of ether oxygens (including phenoxy) is 1. The Morgan fingerprint density at radius 2 is 2.04 bits per heavy atom. The molecule has 0 saturated heterocycles. The number of aliphatic hydroxyl groups excluding tert-OH is 1. The summed E-state index contributed by atoms with van der Waals surface area (Å²) in [6, 6.07) is 4.57. The van der Waals surface area contributed by atoms with Crippen LogP contribution in [-0.2, 0) is 6.42 Å². The number of amides is 1. The second kappa shape index (κ2) is 8.02. The summed E-state index contributed by atoms with van der Waals surface area (Å²) in [5.41, 5.74) is 6.31. The number of fused-ring (bicyclic) bond motifs is 1. The SMILES string of the molecule is CC.NC(=O)c1cc(-c2ccc(F)cc2F)c2c(n1)OC(CO)CC2. The molecular formula is C18H20F2N2O3. The predicted molar refractivity (Wildman–Crippen MR) is 89.3 cm³/mol. The third-order valence-corrected chi connectivity index (χ3v) is 3.76. The first-order chi connectivity index (χ1) is 12.0. The Morgan fingerprint density at radius 1 is 1.32 bits per heavy atom. The van der Waals surface area contributed by atoms with Gasteiger partial charge in [0.15, 0.2) is 0 Å². The summed E-state index contributed by atoms with van der Waals surface area (Å²) in [6.45, 7) is 3.81. The molecule has 2 aromatic rings. The second-order valence-corrected chi connectivity index (χ2v) is 5.29. The third kappa shape index (κ3) is 3.93. The van der Waals surface area contributed by atoms with Crippen molar-refractivity contribution in [3.05, 3.63) is 47.2 Å². The molecule has 0 saturated carbocycles. The number of aromatic nitrogens is 1. The minimum absolute atomic E-state index is 0.0823. The van der Waals surface area contributed by atoms with E-state index in [1.807, 2.05) is 13.8 Å². The number of carbonyl (C=O) groups is 1. The fourth-order valence-corrected chi connectivity index (χ4v) is 2.61. The van der Waals surface area contributed by atoms with Crippen molar-refractivity contribution in [3.8, 4) is 17.0 Å². The Labute approximate surface area is 144 Å². The van der Waals surface area contributed by atoms with Crippen LogP contribution in [0, 0.1) is 11.6 Å². The van der Waals surface area contributed by atoms with Crippen LogP contribution in [0.3, 0.4) is 0 Å². The van der Waals surface area contributed by atoms with E-state index in [9.17, 15) is 18.7 Å². The van der Waals surface area contributed by atoms with Crippen molar-refractivity contribution in [2.45, 2.75) is 32.8 Å². The van der Waals surface area contributed by atoms with Crippen LogP contribution in [0.5, 0.6) is 5.88 Å². The van der Waals surface area contributed by atoms with Gasteiger partial charge in [-0.1, -0.05) is 13.8 Å². The summed E-state index contributed by atoms with van der Waals surface area (Å²) in [4.78, 5) is 15.5. The normalized spacial score (nSPS) is 15.5. The van der Waals surface area contributed by atoms with Crippen molar-refractivity contribution < 1.29 is 23.4 Å². The molecule has 3 rings (SSSR count). The Balaban J connectivity index is 0.00000109. The summed E-state index contributed by atoms with van der Waals surface area (Å²) in [6.07, 6.45) is 0.569. The molecule has 1 atom stereocenters. The molecule has 0 spiro atoms. The number of hydrogen-bond acceptors (Lipinski definition) is 4. The number of carbonyl (C=O) groups excluding carboxylic acids is 1.